The van der Waals surface area contributed by atoms with Crippen LogP contribution in [0.4, 0.5) is 5.88 Å². The lowest BCUT2D eigenvalue weighted by Crippen LogP contribution is -1.82. The number of hydrogen-bond donors (Lipinski definition) is 0. The van der Waals surface area contributed by atoms with E-state index in [2.05, 4.69) is 10.2 Å². The van der Waals surface area contributed by atoms with Gasteiger partial charge in [-0.1, -0.05) is 0 Å². The summed E-state index contributed by atoms with van der Waals surface area (Å²) in [4.78, 5) is 9.73. The lowest BCUT2D eigenvalue weighted by atomic mass is 10.4. The van der Waals surface area contributed by atoms with Gasteiger partial charge in [-0.25, -0.2) is 0 Å². The summed E-state index contributed by atoms with van der Waals surface area (Å²) in [5.41, 5.74) is 1.60. The van der Waals surface area contributed by atoms with Gasteiger partial charge in [-0.15, -0.1) is 21.5 Å². The van der Waals surface area contributed by atoms with Crippen molar-refractivity contribution < 1.29 is 9.34 Å². The highest BCUT2D eigenvalue weighted by atomic mass is 32.1. The molecule has 0 spiro atoms. The summed E-state index contributed by atoms with van der Waals surface area (Å²) in [5, 5.41) is 18.5. The maximum Gasteiger partial charge on any atom is 0.433 e. The van der Waals surface area contributed by atoms with Crippen molar-refractivity contribution in [1.29, 1.82) is 0 Å². The van der Waals surface area contributed by atoms with Crippen molar-refractivity contribution in [2.24, 2.45) is 0 Å². The molecule has 15 heavy (non-hydrogen) atoms. The molecule has 0 bridgehead atoms. The highest BCUT2D eigenvalue weighted by molar-refractivity contribution is 7.10. The average molecular weight is 223 g/mol. The van der Waals surface area contributed by atoms with Gasteiger partial charge in [-0.2, -0.15) is 0 Å². The van der Waals surface area contributed by atoms with Gasteiger partial charge in [0.1, 0.15) is 21.2 Å². The molecule has 6 nitrogen and oxygen atoms in total. The van der Waals surface area contributed by atoms with Crippen molar-refractivity contribution in [3.05, 3.63) is 38.5 Å². The van der Waals surface area contributed by atoms with Gasteiger partial charge in [0, 0.05) is 0 Å². The Morgan fingerprint density at radius 2 is 2.33 bits per heavy atom. The van der Waals surface area contributed by atoms with Gasteiger partial charge in [0.2, 0.25) is 0 Å². The zero-order valence-electron chi connectivity index (χ0n) is 7.36. The molecule has 0 aromatic carbocycles. The minimum Gasteiger partial charge on any atom is -0.401 e. The first-order chi connectivity index (χ1) is 7.25. The minimum atomic E-state index is -0.581. The third-order valence-corrected chi connectivity index (χ3v) is 2.22. The first-order valence-corrected chi connectivity index (χ1v) is 4.82. The van der Waals surface area contributed by atoms with Crippen molar-refractivity contribution >= 4 is 29.4 Å². The standard InChI is InChI=1S/C8H5N3O3S/c12-11(13)8-4-2-6(14-8)1-3-7-10-9-5-15-7/h1-5H/b3-1+. The largest absolute Gasteiger partial charge is 0.433 e. The smallest absolute Gasteiger partial charge is 0.401 e. The quantitative estimate of drug-likeness (QED) is 0.588. The lowest BCUT2D eigenvalue weighted by Gasteiger charge is -1.83. The predicted octanol–water partition coefficient (Wildman–Crippen LogP) is 2.21. The maximum atomic E-state index is 10.3. The second kappa shape index (κ2) is 4.01. The summed E-state index contributed by atoms with van der Waals surface area (Å²) in [6, 6.07) is 2.83. The summed E-state index contributed by atoms with van der Waals surface area (Å²) in [6.07, 6.45) is 3.29. The van der Waals surface area contributed by atoms with Crippen molar-refractivity contribution in [2.45, 2.75) is 0 Å². The molecule has 7 heteroatoms. The van der Waals surface area contributed by atoms with E-state index in [4.69, 9.17) is 4.42 Å². The molecular weight excluding hydrogens is 218 g/mol. The number of rotatable bonds is 3. The Bertz CT molecular complexity index is 489. The third-order valence-electron chi connectivity index (χ3n) is 1.56. The zero-order chi connectivity index (χ0) is 10.7. The number of aromatic nitrogens is 2. The lowest BCUT2D eigenvalue weighted by molar-refractivity contribution is -0.402. The van der Waals surface area contributed by atoms with Gasteiger partial charge in [0.05, 0.1) is 6.07 Å². The van der Waals surface area contributed by atoms with Crippen molar-refractivity contribution in [3.8, 4) is 0 Å². The van der Waals surface area contributed by atoms with Crippen LogP contribution < -0.4 is 0 Å². The van der Waals surface area contributed by atoms with Gasteiger partial charge in [-0.3, -0.25) is 10.1 Å². The number of hydrogen-bond acceptors (Lipinski definition) is 6. The summed E-state index contributed by atoms with van der Waals surface area (Å²) < 4.78 is 4.91. The molecule has 0 saturated carbocycles. The fraction of sp³-hybridized carbons (Fsp3) is 0. The topological polar surface area (TPSA) is 82.1 Å². The van der Waals surface area contributed by atoms with E-state index < -0.39 is 4.92 Å². The van der Waals surface area contributed by atoms with Crippen LogP contribution in [0.15, 0.2) is 22.1 Å². The van der Waals surface area contributed by atoms with E-state index in [0.717, 1.165) is 0 Å². The molecule has 0 aliphatic rings. The Balaban J connectivity index is 2.14. The van der Waals surface area contributed by atoms with Gasteiger partial charge in [0.25, 0.3) is 0 Å². The molecule has 2 aromatic rings. The highest BCUT2D eigenvalue weighted by Gasteiger charge is 2.09. The second-order valence-electron chi connectivity index (χ2n) is 2.54. The van der Waals surface area contributed by atoms with Crippen LogP contribution in [-0.4, -0.2) is 15.1 Å². The van der Waals surface area contributed by atoms with Crippen LogP contribution in [0.25, 0.3) is 12.2 Å². The van der Waals surface area contributed by atoms with E-state index >= 15 is 0 Å². The SMILES string of the molecule is O=[N+]([O-])c1ccc(/C=C/c2nncs2)o1. The Morgan fingerprint density at radius 3 is 2.93 bits per heavy atom. The van der Waals surface area contributed by atoms with Gasteiger partial charge < -0.3 is 4.42 Å². The van der Waals surface area contributed by atoms with Crippen molar-refractivity contribution in [1.82, 2.24) is 10.2 Å². The Morgan fingerprint density at radius 1 is 1.47 bits per heavy atom. The van der Waals surface area contributed by atoms with Crippen LogP contribution in [0.5, 0.6) is 0 Å². The molecule has 0 radical (unpaired) electrons. The van der Waals surface area contributed by atoms with E-state index in [-0.39, 0.29) is 5.88 Å². The summed E-state index contributed by atoms with van der Waals surface area (Å²) >= 11 is 1.37. The van der Waals surface area contributed by atoms with Crippen molar-refractivity contribution in [2.75, 3.05) is 0 Å². The summed E-state index contributed by atoms with van der Waals surface area (Å²) in [6.45, 7) is 0. The summed E-state index contributed by atoms with van der Waals surface area (Å²) in [7, 11) is 0. The molecule has 0 fully saturated rings. The Hall–Kier alpha value is -2.02. The molecule has 0 atom stereocenters. The predicted molar refractivity (Wildman–Crippen MR) is 54.2 cm³/mol. The van der Waals surface area contributed by atoms with Gasteiger partial charge >= 0.3 is 5.88 Å². The normalized spacial score (nSPS) is 10.9. The van der Waals surface area contributed by atoms with Crippen LogP contribution in [0.2, 0.25) is 0 Å². The summed E-state index contributed by atoms with van der Waals surface area (Å²) in [5.74, 6) is 0.142. The molecule has 76 valence electrons. The van der Waals surface area contributed by atoms with E-state index in [1.165, 1.54) is 23.5 Å². The third kappa shape index (κ3) is 2.26. The zero-order valence-corrected chi connectivity index (χ0v) is 8.18. The fourth-order valence-electron chi connectivity index (χ4n) is 0.938. The van der Waals surface area contributed by atoms with Crippen LogP contribution in [0, 0.1) is 10.1 Å². The number of nitrogens with zero attached hydrogens (tertiary/aromatic N) is 3. The first-order valence-electron chi connectivity index (χ1n) is 3.94. The monoisotopic (exact) mass is 223 g/mol. The molecule has 2 rings (SSSR count). The van der Waals surface area contributed by atoms with Gasteiger partial charge in [-0.05, 0) is 18.2 Å². The molecule has 2 aromatic heterocycles. The molecule has 0 saturated heterocycles. The second-order valence-corrected chi connectivity index (χ2v) is 3.41. The first kappa shape index (κ1) is 9.53. The van der Waals surface area contributed by atoms with Crippen LogP contribution >= 0.6 is 11.3 Å². The van der Waals surface area contributed by atoms with E-state index in [9.17, 15) is 10.1 Å². The number of nitro groups is 1. The minimum absolute atomic E-state index is 0.271. The molecule has 0 N–H and O–H groups in total. The van der Waals surface area contributed by atoms with E-state index in [1.807, 2.05) is 0 Å². The van der Waals surface area contributed by atoms with E-state index in [0.29, 0.717) is 10.8 Å². The highest BCUT2D eigenvalue weighted by Crippen LogP contribution is 2.17. The molecule has 2 heterocycles. The molecular formula is C8H5N3O3S. The Kier molecular flexibility index (Phi) is 2.55. The van der Waals surface area contributed by atoms with Crippen LogP contribution in [0.3, 0.4) is 0 Å². The van der Waals surface area contributed by atoms with Gasteiger partial charge in [0.15, 0.2) is 0 Å². The maximum absolute atomic E-state index is 10.3. The molecule has 0 aliphatic heterocycles. The van der Waals surface area contributed by atoms with Crippen molar-refractivity contribution in [3.63, 3.8) is 0 Å². The molecule has 0 amide bonds. The number of furan rings is 1. The molecule has 0 aliphatic carbocycles. The van der Waals surface area contributed by atoms with Crippen LogP contribution in [0.1, 0.15) is 10.8 Å². The molecule has 0 unspecified atom stereocenters. The van der Waals surface area contributed by atoms with Crippen LogP contribution in [-0.2, 0) is 0 Å². The fourth-order valence-corrected chi connectivity index (χ4v) is 1.38. The Labute approximate surface area is 88.0 Å². The average Bonchev–Trinajstić information content (AvgIpc) is 2.86. The van der Waals surface area contributed by atoms with E-state index in [1.54, 1.807) is 17.7 Å².